The average molecular weight is 424 g/mol. The Morgan fingerprint density at radius 3 is 2.25 bits per heavy atom. The molecule has 28 heavy (non-hydrogen) atoms. The lowest BCUT2D eigenvalue weighted by Crippen LogP contribution is -2.40. The second-order valence-electron chi connectivity index (χ2n) is 6.16. The van der Waals surface area contributed by atoms with Crippen LogP contribution in [0.2, 0.25) is 0 Å². The maximum atomic E-state index is 12.1. The summed E-state index contributed by atoms with van der Waals surface area (Å²) >= 11 is 0. The average Bonchev–Trinajstić information content (AvgIpc) is 2.59. The van der Waals surface area contributed by atoms with Crippen molar-refractivity contribution in [2.75, 3.05) is 31.3 Å². The Morgan fingerprint density at radius 2 is 1.75 bits per heavy atom. The van der Waals surface area contributed by atoms with Crippen molar-refractivity contribution in [3.63, 3.8) is 0 Å². The van der Waals surface area contributed by atoms with Gasteiger partial charge in [0, 0.05) is 18.8 Å². The monoisotopic (exact) mass is 424 g/mol. The topological polar surface area (TPSA) is 102 Å². The molecule has 0 radical (unpaired) electrons. The van der Waals surface area contributed by atoms with Crippen molar-refractivity contribution in [1.29, 1.82) is 0 Å². The molecule has 156 valence electrons. The maximum absolute atomic E-state index is 12.1. The number of amides is 1. The first-order valence-electron chi connectivity index (χ1n) is 8.21. The number of carbonyl (C=O) groups excluding carboxylic acids is 2. The Kier molecular flexibility index (Phi) is 6.88. The van der Waals surface area contributed by atoms with Crippen LogP contribution in [-0.2, 0) is 24.3 Å². The van der Waals surface area contributed by atoms with Gasteiger partial charge in [0.1, 0.15) is 5.75 Å². The summed E-state index contributed by atoms with van der Waals surface area (Å²) in [4.78, 5) is 23.8. The molecule has 8 nitrogen and oxygen atoms in total. The summed E-state index contributed by atoms with van der Waals surface area (Å²) in [5.74, 6) is -2.19. The van der Waals surface area contributed by atoms with Gasteiger partial charge in [-0.25, -0.2) is 12.7 Å². The number of halogens is 3. The molecule has 1 aliphatic rings. The van der Waals surface area contributed by atoms with Gasteiger partial charge in [-0.05, 0) is 37.1 Å². The SMILES string of the molecule is CS(=O)(=O)N1CCC(C(=O)OCC(=O)Nc2ccc(OC(F)(F)F)cc2)CC1. The van der Waals surface area contributed by atoms with Gasteiger partial charge in [-0.1, -0.05) is 0 Å². The van der Waals surface area contributed by atoms with E-state index in [4.69, 9.17) is 4.74 Å². The predicted molar refractivity (Wildman–Crippen MR) is 91.9 cm³/mol. The van der Waals surface area contributed by atoms with Crippen LogP contribution in [0.4, 0.5) is 18.9 Å². The number of hydrogen-bond acceptors (Lipinski definition) is 6. The Balaban J connectivity index is 1.76. The molecule has 1 amide bonds. The van der Waals surface area contributed by atoms with Gasteiger partial charge in [-0.2, -0.15) is 0 Å². The molecule has 2 rings (SSSR count). The van der Waals surface area contributed by atoms with E-state index in [-0.39, 0.29) is 18.8 Å². The fourth-order valence-corrected chi connectivity index (χ4v) is 3.49. The largest absolute Gasteiger partial charge is 0.573 e. The molecule has 0 spiro atoms. The first-order valence-corrected chi connectivity index (χ1v) is 10.1. The molecule has 1 heterocycles. The fourth-order valence-electron chi connectivity index (χ4n) is 2.61. The number of hydrogen-bond donors (Lipinski definition) is 1. The van der Waals surface area contributed by atoms with E-state index in [1.54, 1.807) is 0 Å². The Labute approximate surface area is 159 Å². The number of carbonyl (C=O) groups is 2. The van der Waals surface area contributed by atoms with E-state index < -0.39 is 46.5 Å². The number of benzene rings is 1. The zero-order valence-electron chi connectivity index (χ0n) is 14.9. The molecule has 0 saturated carbocycles. The Hall–Kier alpha value is -2.34. The van der Waals surface area contributed by atoms with Gasteiger partial charge in [-0.15, -0.1) is 13.2 Å². The summed E-state index contributed by atoms with van der Waals surface area (Å²) in [7, 11) is -3.30. The Bertz CT molecular complexity index is 803. The number of alkyl halides is 3. The number of piperidine rings is 1. The molecule has 1 saturated heterocycles. The summed E-state index contributed by atoms with van der Waals surface area (Å²) in [5.41, 5.74) is 0.206. The van der Waals surface area contributed by atoms with Crippen molar-refractivity contribution >= 4 is 27.6 Å². The molecule has 1 fully saturated rings. The van der Waals surface area contributed by atoms with E-state index in [1.165, 1.54) is 16.4 Å². The van der Waals surface area contributed by atoms with Crippen LogP contribution in [0.15, 0.2) is 24.3 Å². The highest BCUT2D eigenvalue weighted by Crippen LogP contribution is 2.24. The van der Waals surface area contributed by atoms with Gasteiger partial charge in [0.2, 0.25) is 10.0 Å². The van der Waals surface area contributed by atoms with Crippen LogP contribution >= 0.6 is 0 Å². The van der Waals surface area contributed by atoms with Crippen molar-refractivity contribution in [2.24, 2.45) is 5.92 Å². The molecule has 12 heteroatoms. The molecule has 1 aliphatic heterocycles. The standard InChI is InChI=1S/C16H19F3N2O6S/c1-28(24,25)21-8-6-11(7-9-21)15(23)26-10-14(22)20-12-2-4-13(5-3-12)27-16(17,18)19/h2-5,11H,6-10H2,1H3,(H,20,22). The summed E-state index contributed by atoms with van der Waals surface area (Å²) < 4.78 is 69.1. The number of nitrogens with zero attached hydrogens (tertiary/aromatic N) is 1. The van der Waals surface area contributed by atoms with Crippen LogP contribution in [0.1, 0.15) is 12.8 Å². The van der Waals surface area contributed by atoms with Crippen molar-refractivity contribution in [3.05, 3.63) is 24.3 Å². The molecule has 1 aromatic rings. The maximum Gasteiger partial charge on any atom is 0.573 e. The van der Waals surface area contributed by atoms with Crippen LogP contribution in [0.5, 0.6) is 5.75 Å². The molecule has 1 N–H and O–H groups in total. The van der Waals surface area contributed by atoms with Crippen LogP contribution in [-0.4, -0.2) is 56.9 Å². The van der Waals surface area contributed by atoms with E-state index in [2.05, 4.69) is 10.1 Å². The fraction of sp³-hybridized carbons (Fsp3) is 0.500. The summed E-state index contributed by atoms with van der Waals surface area (Å²) in [6, 6.07) is 4.48. The quantitative estimate of drug-likeness (QED) is 0.698. The second-order valence-corrected chi connectivity index (χ2v) is 8.15. The summed E-state index contributed by atoms with van der Waals surface area (Å²) in [5, 5.41) is 2.38. The number of ether oxygens (including phenoxy) is 2. The van der Waals surface area contributed by atoms with Gasteiger partial charge in [0.25, 0.3) is 5.91 Å². The zero-order valence-corrected chi connectivity index (χ0v) is 15.7. The van der Waals surface area contributed by atoms with Gasteiger partial charge < -0.3 is 14.8 Å². The zero-order chi connectivity index (χ0) is 20.9. The highest BCUT2D eigenvalue weighted by atomic mass is 32.2. The lowest BCUT2D eigenvalue weighted by molar-refractivity contribution is -0.274. The molecular formula is C16H19F3N2O6S. The minimum atomic E-state index is -4.81. The van der Waals surface area contributed by atoms with Crippen LogP contribution in [0.3, 0.4) is 0 Å². The summed E-state index contributed by atoms with van der Waals surface area (Å²) in [6.45, 7) is -0.153. The second kappa shape index (κ2) is 8.78. The van der Waals surface area contributed by atoms with E-state index in [0.717, 1.165) is 18.4 Å². The number of esters is 1. The highest BCUT2D eigenvalue weighted by molar-refractivity contribution is 7.88. The molecule has 0 atom stereocenters. The molecule has 1 aromatic carbocycles. The minimum Gasteiger partial charge on any atom is -0.455 e. The predicted octanol–water partition coefficient (Wildman–Crippen LogP) is 1.74. The number of rotatable bonds is 6. The smallest absolute Gasteiger partial charge is 0.455 e. The van der Waals surface area contributed by atoms with Gasteiger partial charge in [0.15, 0.2) is 6.61 Å². The van der Waals surface area contributed by atoms with Crippen molar-refractivity contribution in [1.82, 2.24) is 4.31 Å². The van der Waals surface area contributed by atoms with Crippen molar-refractivity contribution < 1.29 is 40.7 Å². The third-order valence-corrected chi connectivity index (χ3v) is 5.28. The summed E-state index contributed by atoms with van der Waals surface area (Å²) in [6.07, 6.45) is -3.11. The van der Waals surface area contributed by atoms with Crippen LogP contribution in [0.25, 0.3) is 0 Å². The third-order valence-electron chi connectivity index (χ3n) is 3.97. The van der Waals surface area contributed by atoms with Gasteiger partial charge >= 0.3 is 12.3 Å². The first kappa shape index (κ1) is 22.0. The van der Waals surface area contributed by atoms with Crippen LogP contribution in [0, 0.1) is 5.92 Å². The highest BCUT2D eigenvalue weighted by Gasteiger charge is 2.31. The molecule has 0 bridgehead atoms. The number of anilines is 1. The lowest BCUT2D eigenvalue weighted by atomic mass is 9.98. The van der Waals surface area contributed by atoms with Gasteiger partial charge in [0.05, 0.1) is 12.2 Å². The first-order chi connectivity index (χ1) is 12.9. The van der Waals surface area contributed by atoms with E-state index in [9.17, 15) is 31.2 Å². The Morgan fingerprint density at radius 1 is 1.18 bits per heavy atom. The number of nitrogens with one attached hydrogen (secondary N) is 1. The van der Waals surface area contributed by atoms with E-state index in [1.807, 2.05) is 0 Å². The molecule has 0 aromatic heterocycles. The number of sulfonamides is 1. The van der Waals surface area contributed by atoms with Crippen LogP contribution < -0.4 is 10.1 Å². The third kappa shape index (κ3) is 7.00. The van der Waals surface area contributed by atoms with Gasteiger partial charge in [-0.3, -0.25) is 9.59 Å². The molecule has 0 aliphatic carbocycles. The van der Waals surface area contributed by atoms with E-state index in [0.29, 0.717) is 12.8 Å². The van der Waals surface area contributed by atoms with E-state index >= 15 is 0 Å². The van der Waals surface area contributed by atoms with Crippen molar-refractivity contribution in [3.8, 4) is 5.75 Å². The lowest BCUT2D eigenvalue weighted by Gasteiger charge is -2.28. The normalized spacial score (nSPS) is 16.4. The molecular weight excluding hydrogens is 405 g/mol. The minimum absolute atomic E-state index is 0.205. The van der Waals surface area contributed by atoms with Crippen molar-refractivity contribution in [2.45, 2.75) is 19.2 Å². The molecule has 0 unspecified atom stereocenters.